The Morgan fingerprint density at radius 2 is 1.71 bits per heavy atom. The molecule has 234 valence electrons. The van der Waals surface area contributed by atoms with Crippen molar-refractivity contribution in [2.24, 2.45) is 0 Å². The summed E-state index contributed by atoms with van der Waals surface area (Å²) in [4.78, 5) is 1.99. The summed E-state index contributed by atoms with van der Waals surface area (Å²) in [6.45, 7) is 4.58. The molecule has 1 atom stereocenters. The summed E-state index contributed by atoms with van der Waals surface area (Å²) in [6.07, 6.45) is 9.26. The first kappa shape index (κ1) is 34.8. The van der Waals surface area contributed by atoms with Gasteiger partial charge in [0, 0.05) is 36.6 Å². The van der Waals surface area contributed by atoms with Crippen LogP contribution in [-0.2, 0) is 31.5 Å². The summed E-state index contributed by atoms with van der Waals surface area (Å²) in [7, 11) is -8.73. The third-order valence-electron chi connectivity index (χ3n) is 7.69. The number of nitrogens with zero attached hydrogens (tertiary/aromatic N) is 2. The molecule has 1 unspecified atom stereocenters. The largest absolute Gasteiger partial charge is 1.00 e. The maximum absolute atomic E-state index is 11.4. The van der Waals surface area contributed by atoms with Gasteiger partial charge in [-0.2, -0.15) is 4.57 Å². The van der Waals surface area contributed by atoms with Crippen molar-refractivity contribution < 1.29 is 58.5 Å². The molecule has 2 aromatic carbocycles. The Hall–Kier alpha value is -3.11. The Balaban J connectivity index is 0.00000461. The summed E-state index contributed by atoms with van der Waals surface area (Å²) in [6, 6.07) is 15.6. The zero-order valence-corrected chi connectivity index (χ0v) is 27.3. The number of hydrogen-bond donors (Lipinski definition) is 0. The topological polar surface area (TPSA) is 144 Å². The summed E-state index contributed by atoms with van der Waals surface area (Å²) in [5.41, 5.74) is 5.36. The average Bonchev–Trinajstić information content (AvgIpc) is 3.48. The number of allylic oxidation sites excluding steroid dienone is 4. The van der Waals surface area contributed by atoms with Crippen LogP contribution in [0, 0.1) is 0 Å². The van der Waals surface area contributed by atoms with Crippen LogP contribution < -0.4 is 23.4 Å². The number of benzene rings is 2. The molecule has 2 aliphatic rings. The van der Waals surface area contributed by atoms with Crippen LogP contribution in [0.3, 0.4) is 0 Å². The van der Waals surface area contributed by atoms with E-state index in [0.717, 1.165) is 33.5 Å². The molecule has 0 N–H and O–H groups in total. The number of ether oxygens (including phenoxy) is 1. The standard InChI is InChI=1S/C32H36N2O8S2.Li/c1-3-24(20-31-33(15-7-17-43(35,36)37)27-19-23(2)11-13-29(27)41-31)21-32-34(16-8-18-44(38,39)40)28-22-26(12-14-30(28)42-32)25-9-5-4-6-10-25;/h4-6,9-14,20-22,27H,3,7-8,15-19H2,1-2H3,(H-,35,36,37,38,39,40);/q;+1/p-1. The minimum atomic E-state index is -4.38. The quantitative estimate of drug-likeness (QED) is 0.164. The van der Waals surface area contributed by atoms with E-state index >= 15 is 0 Å². The number of rotatable bonds is 12. The fourth-order valence-electron chi connectivity index (χ4n) is 5.51. The van der Waals surface area contributed by atoms with E-state index in [2.05, 4.69) is 0 Å². The minimum Gasteiger partial charge on any atom is -0.748 e. The number of aryl methyl sites for hydroxylation is 1. The van der Waals surface area contributed by atoms with Gasteiger partial charge in [-0.25, -0.2) is 16.8 Å². The van der Waals surface area contributed by atoms with Crippen LogP contribution in [0.25, 0.3) is 28.3 Å². The van der Waals surface area contributed by atoms with E-state index < -0.39 is 31.7 Å². The van der Waals surface area contributed by atoms with Crippen molar-refractivity contribution in [1.82, 2.24) is 4.90 Å². The Labute approximate surface area is 276 Å². The van der Waals surface area contributed by atoms with Crippen molar-refractivity contribution in [1.29, 1.82) is 0 Å². The summed E-state index contributed by atoms with van der Waals surface area (Å²) >= 11 is 0. The van der Waals surface area contributed by atoms with Gasteiger partial charge in [-0.05, 0) is 55.0 Å². The van der Waals surface area contributed by atoms with Crippen LogP contribution >= 0.6 is 0 Å². The van der Waals surface area contributed by atoms with Crippen molar-refractivity contribution in [3.05, 3.63) is 95.4 Å². The molecule has 0 amide bonds. The number of oxazole rings is 1. The Morgan fingerprint density at radius 3 is 2.40 bits per heavy atom. The van der Waals surface area contributed by atoms with Gasteiger partial charge >= 0.3 is 24.8 Å². The average molecular weight is 647 g/mol. The van der Waals surface area contributed by atoms with Gasteiger partial charge in [0.1, 0.15) is 5.76 Å². The van der Waals surface area contributed by atoms with Crippen LogP contribution in [-0.4, -0.2) is 54.9 Å². The molecule has 1 fully saturated rings. The second-order valence-corrected chi connectivity index (χ2v) is 14.1. The molecule has 3 aromatic rings. The van der Waals surface area contributed by atoms with E-state index in [0.29, 0.717) is 36.7 Å². The molecule has 5 rings (SSSR count). The van der Waals surface area contributed by atoms with Crippen LogP contribution in [0.15, 0.2) is 94.0 Å². The van der Waals surface area contributed by atoms with Crippen molar-refractivity contribution in [3.63, 3.8) is 0 Å². The first-order valence-corrected chi connectivity index (χ1v) is 17.7. The van der Waals surface area contributed by atoms with Gasteiger partial charge in [-0.1, -0.05) is 55.0 Å². The van der Waals surface area contributed by atoms with Crippen LogP contribution in [0.1, 0.15) is 45.4 Å². The predicted octanol–water partition coefficient (Wildman–Crippen LogP) is 1.83. The fourth-order valence-corrected chi connectivity index (χ4v) is 6.47. The van der Waals surface area contributed by atoms with Gasteiger partial charge in [0.25, 0.3) is 5.52 Å². The monoisotopic (exact) mass is 646 g/mol. The third kappa shape index (κ3) is 9.00. The third-order valence-corrected chi connectivity index (χ3v) is 9.27. The molecule has 0 saturated carbocycles. The maximum atomic E-state index is 11.4. The number of fused-ring (bicyclic) bond motifs is 2. The van der Waals surface area contributed by atoms with E-state index in [9.17, 15) is 25.9 Å². The van der Waals surface area contributed by atoms with Gasteiger partial charge in [0.15, 0.2) is 12.4 Å². The maximum Gasteiger partial charge on any atom is 1.00 e. The molecule has 0 radical (unpaired) electrons. The zero-order valence-electron chi connectivity index (χ0n) is 25.6. The fraction of sp³-hybridized carbons (Fsp3) is 0.344. The van der Waals surface area contributed by atoms with Crippen LogP contribution in [0.5, 0.6) is 0 Å². The first-order valence-electron chi connectivity index (χ1n) is 14.5. The SMILES string of the molecule is CCC(/C=C1\OC2=CC=C(C)CC2N1CCCS(=O)(=O)[O-])=C\c1oc2ccc(-c3ccccc3)cc2[n+]1CCCS(=O)(=O)[O-].[Li+]. The van der Waals surface area contributed by atoms with E-state index in [1.807, 2.05) is 96.1 Å². The smallest absolute Gasteiger partial charge is 0.748 e. The predicted molar refractivity (Wildman–Crippen MR) is 165 cm³/mol. The van der Waals surface area contributed by atoms with E-state index in [4.69, 9.17) is 9.15 Å². The summed E-state index contributed by atoms with van der Waals surface area (Å²) in [5.74, 6) is 0.834. The second-order valence-electron chi connectivity index (χ2n) is 11.0. The van der Waals surface area contributed by atoms with Crippen LogP contribution in [0.2, 0.25) is 0 Å². The van der Waals surface area contributed by atoms with Gasteiger partial charge in [0.2, 0.25) is 5.58 Å². The van der Waals surface area contributed by atoms with Gasteiger partial charge in [-0.3, -0.25) is 0 Å². The molecule has 10 nitrogen and oxygen atoms in total. The van der Waals surface area contributed by atoms with Crippen LogP contribution in [0.4, 0.5) is 0 Å². The zero-order chi connectivity index (χ0) is 31.5. The molecular weight excluding hydrogens is 611 g/mol. The molecule has 1 aromatic heterocycles. The second kappa shape index (κ2) is 14.5. The normalized spacial score (nSPS) is 18.0. The first-order chi connectivity index (χ1) is 20.9. The number of hydrogen-bond acceptors (Lipinski definition) is 9. The summed E-state index contributed by atoms with van der Waals surface area (Å²) in [5, 5.41) is 0. The van der Waals surface area contributed by atoms with Gasteiger partial charge < -0.3 is 23.2 Å². The molecule has 1 aliphatic heterocycles. The molecule has 2 heterocycles. The van der Waals surface area contributed by atoms with Gasteiger partial charge in [0.05, 0.1) is 32.4 Å². The molecule has 13 heteroatoms. The van der Waals surface area contributed by atoms with Crippen molar-refractivity contribution in [2.45, 2.75) is 52.1 Å². The molecule has 1 saturated heterocycles. The molecule has 1 aliphatic carbocycles. The van der Waals surface area contributed by atoms with Crippen molar-refractivity contribution in [2.75, 3.05) is 18.1 Å². The van der Waals surface area contributed by atoms with Gasteiger partial charge in [-0.15, -0.1) is 0 Å². The van der Waals surface area contributed by atoms with E-state index in [1.54, 1.807) is 0 Å². The van der Waals surface area contributed by atoms with Crippen molar-refractivity contribution >= 4 is 37.4 Å². The minimum absolute atomic E-state index is 0. The molecule has 0 spiro atoms. The Bertz CT molecular complexity index is 1880. The molecule has 0 bridgehead atoms. The Morgan fingerprint density at radius 1 is 1.00 bits per heavy atom. The Kier molecular flexibility index (Phi) is 11.2. The molecular formula is C32H35LiN2O8S2. The number of aromatic nitrogens is 1. The van der Waals surface area contributed by atoms with Crippen molar-refractivity contribution in [3.8, 4) is 11.1 Å². The summed E-state index contributed by atoms with van der Waals surface area (Å²) < 4.78 is 82.3. The molecule has 45 heavy (non-hydrogen) atoms. The van der Waals surface area contributed by atoms with E-state index in [-0.39, 0.29) is 44.3 Å². The van der Waals surface area contributed by atoms with E-state index in [1.165, 1.54) is 0 Å².